The zero-order chi connectivity index (χ0) is 11.3. The number of carbonyl (C=O) groups excluding carboxylic acids is 1. The topological polar surface area (TPSA) is 54.4 Å². The van der Waals surface area contributed by atoms with Crippen molar-refractivity contribution in [2.75, 3.05) is 0 Å². The van der Waals surface area contributed by atoms with E-state index in [0.29, 0.717) is 5.56 Å². The van der Waals surface area contributed by atoms with Crippen LogP contribution in [-0.4, -0.2) is 17.4 Å². The quantitative estimate of drug-likeness (QED) is 0.800. The average molecular weight is 225 g/mol. The molecule has 1 aromatic rings. The number of carboxylic acids is 1. The summed E-state index contributed by atoms with van der Waals surface area (Å²) in [6.07, 6.45) is 4.29. The molecule has 1 N–H and O–H groups in total. The highest BCUT2D eigenvalue weighted by molar-refractivity contribution is 6.34. The SMILES string of the molecule is O=CCC=Cc1cccc(C(=O)O)c1Cl. The van der Waals surface area contributed by atoms with Gasteiger partial charge in [-0.2, -0.15) is 0 Å². The van der Waals surface area contributed by atoms with Crippen molar-refractivity contribution < 1.29 is 14.7 Å². The number of benzene rings is 1. The first-order chi connectivity index (χ1) is 7.16. The van der Waals surface area contributed by atoms with Crippen molar-refractivity contribution in [2.24, 2.45) is 0 Å². The Kier molecular flexibility index (Phi) is 4.06. The monoisotopic (exact) mass is 224 g/mol. The molecule has 0 aromatic heterocycles. The van der Waals surface area contributed by atoms with Gasteiger partial charge in [0, 0.05) is 6.42 Å². The largest absolute Gasteiger partial charge is 0.478 e. The van der Waals surface area contributed by atoms with E-state index >= 15 is 0 Å². The van der Waals surface area contributed by atoms with E-state index in [1.807, 2.05) is 0 Å². The molecule has 0 spiro atoms. The van der Waals surface area contributed by atoms with Crippen LogP contribution < -0.4 is 0 Å². The fourth-order valence-corrected chi connectivity index (χ4v) is 1.36. The van der Waals surface area contributed by atoms with Crippen molar-refractivity contribution in [3.05, 3.63) is 40.4 Å². The molecule has 0 unspecified atom stereocenters. The second kappa shape index (κ2) is 5.32. The molecule has 1 rings (SSSR count). The molecule has 0 saturated heterocycles. The van der Waals surface area contributed by atoms with E-state index in [4.69, 9.17) is 16.7 Å². The van der Waals surface area contributed by atoms with Gasteiger partial charge >= 0.3 is 5.97 Å². The van der Waals surface area contributed by atoms with Crippen molar-refractivity contribution in [2.45, 2.75) is 6.42 Å². The van der Waals surface area contributed by atoms with Crippen LogP contribution in [0.25, 0.3) is 6.08 Å². The molecule has 0 aliphatic heterocycles. The Morgan fingerprint density at radius 3 is 2.80 bits per heavy atom. The van der Waals surface area contributed by atoms with E-state index in [9.17, 15) is 9.59 Å². The highest BCUT2D eigenvalue weighted by Gasteiger charge is 2.09. The Hall–Kier alpha value is -1.61. The summed E-state index contributed by atoms with van der Waals surface area (Å²) in [6.45, 7) is 0. The number of halogens is 1. The maximum Gasteiger partial charge on any atom is 0.337 e. The van der Waals surface area contributed by atoms with Gasteiger partial charge in [0.1, 0.15) is 6.29 Å². The molecule has 0 fully saturated rings. The first-order valence-electron chi connectivity index (χ1n) is 4.28. The Morgan fingerprint density at radius 1 is 1.47 bits per heavy atom. The summed E-state index contributed by atoms with van der Waals surface area (Å²) in [5, 5.41) is 8.98. The summed E-state index contributed by atoms with van der Waals surface area (Å²) in [6, 6.07) is 4.73. The van der Waals surface area contributed by atoms with E-state index in [0.717, 1.165) is 6.29 Å². The number of hydrogen-bond acceptors (Lipinski definition) is 2. The van der Waals surface area contributed by atoms with Gasteiger partial charge in [-0.1, -0.05) is 35.9 Å². The van der Waals surface area contributed by atoms with Crippen LogP contribution in [0.5, 0.6) is 0 Å². The molecule has 0 heterocycles. The maximum atomic E-state index is 10.7. The van der Waals surface area contributed by atoms with Crippen molar-refractivity contribution in [1.29, 1.82) is 0 Å². The molecule has 3 nitrogen and oxygen atoms in total. The lowest BCUT2D eigenvalue weighted by molar-refractivity contribution is -0.107. The van der Waals surface area contributed by atoms with Crippen molar-refractivity contribution in [1.82, 2.24) is 0 Å². The molecule has 0 aliphatic rings. The number of carboxylic acid groups (broad SMARTS) is 1. The summed E-state index contributed by atoms with van der Waals surface area (Å²) in [5.41, 5.74) is 0.656. The summed E-state index contributed by atoms with van der Waals surface area (Å²) in [4.78, 5) is 20.8. The molecule has 0 atom stereocenters. The molecule has 78 valence electrons. The van der Waals surface area contributed by atoms with Gasteiger partial charge in [0.15, 0.2) is 0 Å². The zero-order valence-electron chi connectivity index (χ0n) is 7.81. The Labute approximate surface area is 92.0 Å². The molecule has 1 aromatic carbocycles. The number of rotatable bonds is 4. The third kappa shape index (κ3) is 2.92. The van der Waals surface area contributed by atoms with Crippen LogP contribution in [0, 0.1) is 0 Å². The van der Waals surface area contributed by atoms with Crippen LogP contribution in [0.3, 0.4) is 0 Å². The van der Waals surface area contributed by atoms with Gasteiger partial charge in [0.25, 0.3) is 0 Å². The van der Waals surface area contributed by atoms with Gasteiger partial charge in [-0.3, -0.25) is 0 Å². The summed E-state index contributed by atoms with van der Waals surface area (Å²) >= 11 is 5.86. The van der Waals surface area contributed by atoms with Crippen molar-refractivity contribution >= 4 is 29.9 Å². The van der Waals surface area contributed by atoms with Gasteiger partial charge in [-0.05, 0) is 11.6 Å². The highest BCUT2D eigenvalue weighted by atomic mass is 35.5. The first-order valence-corrected chi connectivity index (χ1v) is 4.66. The minimum Gasteiger partial charge on any atom is -0.478 e. The van der Waals surface area contributed by atoms with Gasteiger partial charge in [-0.25, -0.2) is 4.79 Å². The van der Waals surface area contributed by atoms with E-state index in [-0.39, 0.29) is 17.0 Å². The van der Waals surface area contributed by atoms with Crippen LogP contribution in [-0.2, 0) is 4.79 Å². The minimum absolute atomic E-state index is 0.0601. The fourth-order valence-electron chi connectivity index (χ4n) is 1.09. The third-order valence-electron chi connectivity index (χ3n) is 1.79. The summed E-state index contributed by atoms with van der Waals surface area (Å²) in [5.74, 6) is -1.06. The van der Waals surface area contributed by atoms with Gasteiger partial charge in [-0.15, -0.1) is 0 Å². The number of aldehydes is 1. The third-order valence-corrected chi connectivity index (χ3v) is 2.21. The highest BCUT2D eigenvalue weighted by Crippen LogP contribution is 2.22. The molecule has 0 radical (unpaired) electrons. The number of aromatic carboxylic acids is 1. The lowest BCUT2D eigenvalue weighted by Crippen LogP contribution is -1.97. The van der Waals surface area contributed by atoms with E-state index in [1.54, 1.807) is 24.3 Å². The predicted octanol–water partition coefficient (Wildman–Crippen LogP) is 2.64. The molecular formula is C11H9ClO3. The molecule has 0 amide bonds. The second-order valence-corrected chi connectivity index (χ2v) is 3.20. The molecule has 0 aliphatic carbocycles. The van der Waals surface area contributed by atoms with E-state index in [1.165, 1.54) is 6.07 Å². The summed E-state index contributed by atoms with van der Waals surface area (Å²) in [7, 11) is 0. The Bertz CT molecular complexity index is 410. The maximum absolute atomic E-state index is 10.7. The van der Waals surface area contributed by atoms with Gasteiger partial charge in [0.05, 0.1) is 10.6 Å². The van der Waals surface area contributed by atoms with E-state index < -0.39 is 5.97 Å². The average Bonchev–Trinajstić information content (AvgIpc) is 2.20. The predicted molar refractivity (Wildman–Crippen MR) is 58.1 cm³/mol. The second-order valence-electron chi connectivity index (χ2n) is 2.82. The van der Waals surface area contributed by atoms with Gasteiger partial charge < -0.3 is 9.90 Å². The van der Waals surface area contributed by atoms with Crippen molar-refractivity contribution in [3.8, 4) is 0 Å². The Morgan fingerprint density at radius 2 is 2.20 bits per heavy atom. The number of hydrogen-bond donors (Lipinski definition) is 1. The van der Waals surface area contributed by atoms with Crippen LogP contribution in [0.2, 0.25) is 5.02 Å². The lowest BCUT2D eigenvalue weighted by Gasteiger charge is -2.01. The smallest absolute Gasteiger partial charge is 0.337 e. The normalized spacial score (nSPS) is 10.5. The van der Waals surface area contributed by atoms with E-state index in [2.05, 4.69) is 0 Å². The molecule has 4 heteroatoms. The molecule has 15 heavy (non-hydrogen) atoms. The van der Waals surface area contributed by atoms with Crippen molar-refractivity contribution in [3.63, 3.8) is 0 Å². The number of carbonyl (C=O) groups is 2. The molecule has 0 bridgehead atoms. The lowest BCUT2D eigenvalue weighted by atomic mass is 10.1. The molecule has 0 saturated carbocycles. The zero-order valence-corrected chi connectivity index (χ0v) is 8.57. The van der Waals surface area contributed by atoms with Crippen LogP contribution in [0.4, 0.5) is 0 Å². The molecular weight excluding hydrogens is 216 g/mol. The van der Waals surface area contributed by atoms with Gasteiger partial charge in [0.2, 0.25) is 0 Å². The minimum atomic E-state index is -1.06. The number of allylic oxidation sites excluding steroid dienone is 1. The van der Waals surface area contributed by atoms with Crippen LogP contribution >= 0.6 is 11.6 Å². The fraction of sp³-hybridized carbons (Fsp3) is 0.0909. The van der Waals surface area contributed by atoms with Crippen LogP contribution in [0.15, 0.2) is 24.3 Å². The Balaban J connectivity index is 3.04. The first kappa shape index (κ1) is 11.5. The summed E-state index contributed by atoms with van der Waals surface area (Å²) < 4.78 is 0. The standard InChI is InChI=1S/C11H9ClO3/c12-10-8(4-1-2-7-13)5-3-6-9(10)11(14)15/h1,3-7H,2H2,(H,14,15). The van der Waals surface area contributed by atoms with Crippen LogP contribution in [0.1, 0.15) is 22.3 Å².